The normalized spacial score (nSPS) is 11.8. The molecule has 0 spiro atoms. The van der Waals surface area contributed by atoms with E-state index in [1.165, 1.54) is 16.2 Å². The molecule has 0 bridgehead atoms. The molecule has 0 aliphatic rings. The van der Waals surface area contributed by atoms with Gasteiger partial charge in [0.2, 0.25) is 0 Å². The van der Waals surface area contributed by atoms with E-state index < -0.39 is 0 Å². The molecule has 0 radical (unpaired) electrons. The summed E-state index contributed by atoms with van der Waals surface area (Å²) < 4.78 is 2.20. The fourth-order valence-electron chi connectivity index (χ4n) is 5.24. The number of hydrogen-bond donors (Lipinski definition) is 0. The standard InChI is InChI=1S/C31H18N6/c1-2-7-21-18-27-24(16-20(21)6-1)23-9-3-4-10-26(23)37(27)31-28(35-29-30(36-31)34-15-14-33-29)22-12-11-19-8-5-13-32-25(19)17-22/h1-18H. The van der Waals surface area contributed by atoms with Crippen LogP contribution in [0.1, 0.15) is 0 Å². The van der Waals surface area contributed by atoms with Crippen molar-refractivity contribution >= 4 is 54.8 Å². The Balaban J connectivity index is 1.53. The zero-order chi connectivity index (χ0) is 24.3. The van der Waals surface area contributed by atoms with Crippen molar-refractivity contribution in [1.82, 2.24) is 29.5 Å². The topological polar surface area (TPSA) is 69.4 Å². The molecule has 6 heteroatoms. The van der Waals surface area contributed by atoms with Gasteiger partial charge in [0.25, 0.3) is 0 Å². The Hall–Kier alpha value is -5.23. The van der Waals surface area contributed by atoms with Crippen molar-refractivity contribution in [1.29, 1.82) is 0 Å². The largest absolute Gasteiger partial charge is 0.292 e. The average Bonchev–Trinajstić information content (AvgIpc) is 3.28. The van der Waals surface area contributed by atoms with Crippen LogP contribution in [0.25, 0.3) is 71.9 Å². The monoisotopic (exact) mass is 474 g/mol. The van der Waals surface area contributed by atoms with Crippen molar-refractivity contribution in [2.75, 3.05) is 0 Å². The number of rotatable bonds is 2. The van der Waals surface area contributed by atoms with Crippen LogP contribution in [0.5, 0.6) is 0 Å². The van der Waals surface area contributed by atoms with Gasteiger partial charge in [0.05, 0.1) is 16.6 Å². The summed E-state index contributed by atoms with van der Waals surface area (Å²) in [5.74, 6) is 0.713. The summed E-state index contributed by atoms with van der Waals surface area (Å²) in [4.78, 5) is 23.6. The number of para-hydroxylation sites is 1. The SMILES string of the molecule is c1ccc2cc3c(cc2c1)c1ccccc1n3-c1nc2nccnc2nc1-c1ccc2cccnc2c1. The Bertz CT molecular complexity index is 2160. The second kappa shape index (κ2) is 7.63. The minimum Gasteiger partial charge on any atom is -0.292 e. The second-order valence-electron chi connectivity index (χ2n) is 9.08. The summed E-state index contributed by atoms with van der Waals surface area (Å²) in [6.45, 7) is 0. The number of benzene rings is 4. The zero-order valence-electron chi connectivity index (χ0n) is 19.6. The van der Waals surface area contributed by atoms with Crippen LogP contribution in [-0.4, -0.2) is 29.5 Å². The maximum atomic E-state index is 5.06. The lowest BCUT2D eigenvalue weighted by Gasteiger charge is -2.13. The van der Waals surface area contributed by atoms with E-state index in [9.17, 15) is 0 Å². The van der Waals surface area contributed by atoms with Crippen LogP contribution in [0.3, 0.4) is 0 Å². The Labute approximate surface area is 210 Å². The highest BCUT2D eigenvalue weighted by atomic mass is 15.1. The second-order valence-corrected chi connectivity index (χ2v) is 9.08. The van der Waals surface area contributed by atoms with E-state index in [1.54, 1.807) is 12.4 Å². The molecular formula is C31H18N6. The predicted molar refractivity (Wildman–Crippen MR) is 148 cm³/mol. The fourth-order valence-corrected chi connectivity index (χ4v) is 5.24. The quantitative estimate of drug-likeness (QED) is 0.273. The molecule has 172 valence electrons. The smallest absolute Gasteiger partial charge is 0.199 e. The van der Waals surface area contributed by atoms with Gasteiger partial charge in [-0.05, 0) is 41.1 Å². The highest BCUT2D eigenvalue weighted by molar-refractivity contribution is 6.13. The summed E-state index contributed by atoms with van der Waals surface area (Å²) in [6, 6.07) is 31.6. The van der Waals surface area contributed by atoms with Crippen LogP contribution < -0.4 is 0 Å². The Kier molecular flexibility index (Phi) is 4.13. The van der Waals surface area contributed by atoms with Gasteiger partial charge in [-0.15, -0.1) is 0 Å². The molecule has 0 unspecified atom stereocenters. The lowest BCUT2D eigenvalue weighted by atomic mass is 10.1. The van der Waals surface area contributed by atoms with Crippen molar-refractivity contribution in [2.24, 2.45) is 0 Å². The van der Waals surface area contributed by atoms with Crippen molar-refractivity contribution in [3.8, 4) is 17.1 Å². The molecule has 0 saturated heterocycles. The van der Waals surface area contributed by atoms with E-state index in [-0.39, 0.29) is 0 Å². The van der Waals surface area contributed by atoms with E-state index in [2.05, 4.69) is 104 Å². The number of pyridine rings is 1. The van der Waals surface area contributed by atoms with E-state index in [0.29, 0.717) is 17.1 Å². The lowest BCUT2D eigenvalue weighted by molar-refractivity contribution is 1.05. The van der Waals surface area contributed by atoms with E-state index in [0.717, 1.165) is 38.6 Å². The average molecular weight is 475 g/mol. The van der Waals surface area contributed by atoms with Crippen molar-refractivity contribution in [3.63, 3.8) is 0 Å². The molecule has 0 atom stereocenters. The Morgan fingerprint density at radius 2 is 1.27 bits per heavy atom. The van der Waals surface area contributed by atoms with Gasteiger partial charge in [-0.2, -0.15) is 0 Å². The summed E-state index contributed by atoms with van der Waals surface area (Å²) in [5.41, 5.74) is 5.70. The third-order valence-corrected chi connectivity index (χ3v) is 6.93. The van der Waals surface area contributed by atoms with Crippen molar-refractivity contribution < 1.29 is 0 Å². The highest BCUT2D eigenvalue weighted by Crippen LogP contribution is 2.37. The molecule has 0 fully saturated rings. The molecule has 0 aliphatic carbocycles. The van der Waals surface area contributed by atoms with Crippen molar-refractivity contribution in [2.45, 2.75) is 0 Å². The fraction of sp³-hybridized carbons (Fsp3) is 0. The third kappa shape index (κ3) is 3.02. The van der Waals surface area contributed by atoms with Gasteiger partial charge in [0.15, 0.2) is 17.1 Å². The molecule has 37 heavy (non-hydrogen) atoms. The molecule has 4 aromatic carbocycles. The van der Waals surface area contributed by atoms with E-state index in [4.69, 9.17) is 9.97 Å². The van der Waals surface area contributed by atoms with Gasteiger partial charge in [-0.25, -0.2) is 19.9 Å². The van der Waals surface area contributed by atoms with Crippen LogP contribution in [0, 0.1) is 0 Å². The highest BCUT2D eigenvalue weighted by Gasteiger charge is 2.20. The first-order valence-corrected chi connectivity index (χ1v) is 12.1. The lowest BCUT2D eigenvalue weighted by Crippen LogP contribution is -2.05. The van der Waals surface area contributed by atoms with Crippen LogP contribution in [-0.2, 0) is 0 Å². The molecule has 6 nitrogen and oxygen atoms in total. The van der Waals surface area contributed by atoms with Gasteiger partial charge in [0, 0.05) is 40.3 Å². The third-order valence-electron chi connectivity index (χ3n) is 6.93. The van der Waals surface area contributed by atoms with E-state index >= 15 is 0 Å². The van der Waals surface area contributed by atoms with E-state index in [1.807, 2.05) is 12.3 Å². The van der Waals surface area contributed by atoms with Gasteiger partial charge >= 0.3 is 0 Å². The van der Waals surface area contributed by atoms with Crippen LogP contribution in [0.15, 0.2) is 110 Å². The first-order chi connectivity index (χ1) is 18.3. The Morgan fingerprint density at radius 3 is 2.16 bits per heavy atom. The van der Waals surface area contributed by atoms with Crippen LogP contribution >= 0.6 is 0 Å². The molecule has 0 saturated carbocycles. The number of aromatic nitrogens is 6. The summed E-state index contributed by atoms with van der Waals surface area (Å²) in [6.07, 6.45) is 5.11. The first-order valence-electron chi connectivity index (χ1n) is 12.1. The molecule has 4 heterocycles. The predicted octanol–water partition coefficient (Wildman–Crippen LogP) is 6.89. The molecule has 0 N–H and O–H groups in total. The molecule has 4 aromatic heterocycles. The zero-order valence-corrected chi connectivity index (χ0v) is 19.6. The number of nitrogens with zero attached hydrogens (tertiary/aromatic N) is 6. The van der Waals surface area contributed by atoms with Crippen LogP contribution in [0.2, 0.25) is 0 Å². The maximum absolute atomic E-state index is 5.06. The number of hydrogen-bond acceptors (Lipinski definition) is 5. The minimum atomic E-state index is 0.506. The van der Waals surface area contributed by atoms with Gasteiger partial charge < -0.3 is 0 Å². The molecule has 8 rings (SSSR count). The van der Waals surface area contributed by atoms with Crippen LogP contribution in [0.4, 0.5) is 0 Å². The summed E-state index contributed by atoms with van der Waals surface area (Å²) in [5, 5.41) is 5.78. The molecule has 0 amide bonds. The molecule has 0 aliphatic heterocycles. The van der Waals surface area contributed by atoms with Gasteiger partial charge in [0.1, 0.15) is 5.69 Å². The number of fused-ring (bicyclic) bond motifs is 6. The summed E-state index contributed by atoms with van der Waals surface area (Å²) >= 11 is 0. The first kappa shape index (κ1) is 20.0. The minimum absolute atomic E-state index is 0.506. The summed E-state index contributed by atoms with van der Waals surface area (Å²) in [7, 11) is 0. The molecule has 8 aromatic rings. The maximum Gasteiger partial charge on any atom is 0.199 e. The van der Waals surface area contributed by atoms with Crippen molar-refractivity contribution in [3.05, 3.63) is 110 Å². The Morgan fingerprint density at radius 1 is 0.514 bits per heavy atom. The van der Waals surface area contributed by atoms with Gasteiger partial charge in [-0.3, -0.25) is 9.55 Å². The molecular weight excluding hydrogens is 456 g/mol. The van der Waals surface area contributed by atoms with Gasteiger partial charge in [-0.1, -0.05) is 60.7 Å².